The van der Waals surface area contributed by atoms with E-state index >= 15 is 0 Å². The van der Waals surface area contributed by atoms with E-state index in [9.17, 15) is 14.7 Å². The molecule has 18 heavy (non-hydrogen) atoms. The zero-order valence-corrected chi connectivity index (χ0v) is 11.2. The number of carboxylic acids is 1. The standard InChI is InChI=1S/C12H18N2O3S/c1-2-10-14(9(8-18-10)11(15)16)12(17)13-6-4-3-5-7-13/h3-4,9-10H,2,5-8H2,1H3,(H,15,16). The van der Waals surface area contributed by atoms with Gasteiger partial charge in [-0.15, -0.1) is 11.8 Å². The number of hydrogen-bond donors (Lipinski definition) is 1. The summed E-state index contributed by atoms with van der Waals surface area (Å²) >= 11 is 1.56. The van der Waals surface area contributed by atoms with Crippen molar-refractivity contribution in [3.05, 3.63) is 12.2 Å². The molecule has 2 aliphatic heterocycles. The molecule has 0 aromatic rings. The van der Waals surface area contributed by atoms with E-state index in [4.69, 9.17) is 0 Å². The molecule has 0 aromatic carbocycles. The van der Waals surface area contributed by atoms with Crippen LogP contribution in [0.2, 0.25) is 0 Å². The first-order valence-electron chi connectivity index (χ1n) is 6.21. The van der Waals surface area contributed by atoms with Gasteiger partial charge in [-0.05, 0) is 12.8 Å². The second kappa shape index (κ2) is 5.65. The van der Waals surface area contributed by atoms with Gasteiger partial charge in [0.25, 0.3) is 0 Å². The summed E-state index contributed by atoms with van der Waals surface area (Å²) in [6.07, 6.45) is 5.64. The van der Waals surface area contributed by atoms with Crippen LogP contribution in [0.4, 0.5) is 4.79 Å². The number of rotatable bonds is 2. The van der Waals surface area contributed by atoms with Gasteiger partial charge in [0.15, 0.2) is 0 Å². The molecule has 2 unspecified atom stereocenters. The van der Waals surface area contributed by atoms with Gasteiger partial charge in [-0.25, -0.2) is 9.59 Å². The van der Waals surface area contributed by atoms with E-state index in [1.54, 1.807) is 21.6 Å². The lowest BCUT2D eigenvalue weighted by Crippen LogP contribution is -2.52. The molecule has 100 valence electrons. The Bertz CT molecular complexity index is 372. The van der Waals surface area contributed by atoms with Crippen molar-refractivity contribution in [2.24, 2.45) is 0 Å². The minimum Gasteiger partial charge on any atom is -0.480 e. The SMILES string of the molecule is CCC1SCC(C(=O)O)N1C(=O)N1CC=CCC1. The fraction of sp³-hybridized carbons (Fsp3) is 0.667. The normalized spacial score (nSPS) is 27.6. The highest BCUT2D eigenvalue weighted by Crippen LogP contribution is 2.32. The van der Waals surface area contributed by atoms with Crippen molar-refractivity contribution in [1.29, 1.82) is 0 Å². The van der Waals surface area contributed by atoms with Crippen molar-refractivity contribution in [3.8, 4) is 0 Å². The van der Waals surface area contributed by atoms with Crippen molar-refractivity contribution in [2.45, 2.75) is 31.2 Å². The first-order chi connectivity index (χ1) is 8.65. The largest absolute Gasteiger partial charge is 0.480 e. The third kappa shape index (κ3) is 2.48. The van der Waals surface area contributed by atoms with Gasteiger partial charge in [0.1, 0.15) is 6.04 Å². The molecule has 0 aliphatic carbocycles. The first-order valence-corrected chi connectivity index (χ1v) is 7.26. The molecule has 0 saturated carbocycles. The fourth-order valence-corrected chi connectivity index (χ4v) is 3.64. The van der Waals surface area contributed by atoms with E-state index in [-0.39, 0.29) is 11.4 Å². The molecule has 1 N–H and O–H groups in total. The molecule has 2 heterocycles. The van der Waals surface area contributed by atoms with Crippen molar-refractivity contribution in [3.63, 3.8) is 0 Å². The van der Waals surface area contributed by atoms with Crippen LogP contribution in [0.5, 0.6) is 0 Å². The molecule has 2 amide bonds. The first kappa shape index (κ1) is 13.3. The molecule has 6 heteroatoms. The summed E-state index contributed by atoms with van der Waals surface area (Å²) in [5.41, 5.74) is 0. The summed E-state index contributed by atoms with van der Waals surface area (Å²) in [5, 5.41) is 9.19. The second-order valence-corrected chi connectivity index (χ2v) is 5.66. The van der Waals surface area contributed by atoms with Crippen molar-refractivity contribution in [1.82, 2.24) is 9.80 Å². The molecule has 1 saturated heterocycles. The van der Waals surface area contributed by atoms with Gasteiger partial charge in [-0.1, -0.05) is 19.1 Å². The van der Waals surface area contributed by atoms with Crippen LogP contribution in [-0.2, 0) is 4.79 Å². The van der Waals surface area contributed by atoms with Gasteiger partial charge in [0.2, 0.25) is 0 Å². The summed E-state index contributed by atoms with van der Waals surface area (Å²) in [7, 11) is 0. The van der Waals surface area contributed by atoms with E-state index in [0.717, 1.165) is 12.8 Å². The van der Waals surface area contributed by atoms with Gasteiger partial charge < -0.3 is 10.0 Å². The zero-order valence-electron chi connectivity index (χ0n) is 10.4. The number of amides is 2. The van der Waals surface area contributed by atoms with E-state index in [1.165, 1.54) is 0 Å². The maximum absolute atomic E-state index is 12.4. The topological polar surface area (TPSA) is 60.9 Å². The minimum absolute atomic E-state index is 0.00972. The zero-order chi connectivity index (χ0) is 13.1. The van der Waals surface area contributed by atoms with Gasteiger partial charge in [0, 0.05) is 18.8 Å². The Morgan fingerprint density at radius 1 is 1.44 bits per heavy atom. The number of thioether (sulfide) groups is 1. The Morgan fingerprint density at radius 2 is 2.22 bits per heavy atom. The lowest BCUT2D eigenvalue weighted by molar-refractivity contribution is -0.141. The maximum atomic E-state index is 12.4. The average molecular weight is 270 g/mol. The number of aliphatic carboxylic acids is 1. The predicted octanol–water partition coefficient (Wildman–Crippen LogP) is 1.61. The highest BCUT2D eigenvalue weighted by molar-refractivity contribution is 8.00. The Labute approximate surface area is 111 Å². The van der Waals surface area contributed by atoms with Crippen LogP contribution in [0, 0.1) is 0 Å². The average Bonchev–Trinajstić information content (AvgIpc) is 2.82. The summed E-state index contributed by atoms with van der Waals surface area (Å²) in [5.74, 6) is -0.414. The van der Waals surface area contributed by atoms with Crippen LogP contribution in [0.25, 0.3) is 0 Å². The van der Waals surface area contributed by atoms with Gasteiger partial charge in [0.05, 0.1) is 5.37 Å². The van der Waals surface area contributed by atoms with Crippen LogP contribution in [0.15, 0.2) is 12.2 Å². The second-order valence-electron chi connectivity index (χ2n) is 4.45. The lowest BCUT2D eigenvalue weighted by Gasteiger charge is -2.33. The highest BCUT2D eigenvalue weighted by atomic mass is 32.2. The third-order valence-electron chi connectivity index (χ3n) is 3.28. The Hall–Kier alpha value is -1.17. The quantitative estimate of drug-likeness (QED) is 0.774. The molecule has 1 fully saturated rings. The third-order valence-corrected chi connectivity index (χ3v) is 4.73. The number of carbonyl (C=O) groups is 2. The van der Waals surface area contributed by atoms with Gasteiger partial charge >= 0.3 is 12.0 Å². The van der Waals surface area contributed by atoms with Gasteiger partial charge in [-0.2, -0.15) is 0 Å². The van der Waals surface area contributed by atoms with E-state index in [2.05, 4.69) is 6.08 Å². The Balaban J connectivity index is 2.13. The minimum atomic E-state index is -0.903. The van der Waals surface area contributed by atoms with E-state index in [1.807, 2.05) is 13.0 Å². The van der Waals surface area contributed by atoms with Crippen LogP contribution in [0.3, 0.4) is 0 Å². The molecule has 0 bridgehead atoms. The number of nitrogens with zero attached hydrogens (tertiary/aromatic N) is 2. The summed E-state index contributed by atoms with van der Waals surface area (Å²) in [4.78, 5) is 26.9. The number of urea groups is 1. The number of hydrogen-bond acceptors (Lipinski definition) is 3. The molecular weight excluding hydrogens is 252 g/mol. The molecule has 2 atom stereocenters. The Kier molecular flexibility index (Phi) is 4.16. The van der Waals surface area contributed by atoms with Crippen LogP contribution < -0.4 is 0 Å². The maximum Gasteiger partial charge on any atom is 0.327 e. The number of carbonyl (C=O) groups excluding carboxylic acids is 1. The van der Waals surface area contributed by atoms with E-state index < -0.39 is 12.0 Å². The molecule has 5 nitrogen and oxygen atoms in total. The fourth-order valence-electron chi connectivity index (χ4n) is 2.30. The van der Waals surface area contributed by atoms with Gasteiger partial charge in [-0.3, -0.25) is 4.90 Å². The monoisotopic (exact) mass is 270 g/mol. The van der Waals surface area contributed by atoms with E-state index in [0.29, 0.717) is 18.8 Å². The van der Waals surface area contributed by atoms with Crippen LogP contribution in [0.1, 0.15) is 19.8 Å². The summed E-state index contributed by atoms with van der Waals surface area (Å²) < 4.78 is 0. The van der Waals surface area contributed by atoms with Crippen molar-refractivity contribution >= 4 is 23.8 Å². The molecule has 0 aromatic heterocycles. The highest BCUT2D eigenvalue weighted by Gasteiger charge is 2.42. The molecule has 2 rings (SSSR count). The Morgan fingerprint density at radius 3 is 2.78 bits per heavy atom. The smallest absolute Gasteiger partial charge is 0.327 e. The number of carboxylic acid groups (broad SMARTS) is 1. The predicted molar refractivity (Wildman–Crippen MR) is 70.5 cm³/mol. The van der Waals surface area contributed by atoms with Crippen molar-refractivity contribution < 1.29 is 14.7 Å². The van der Waals surface area contributed by atoms with Crippen LogP contribution in [-0.4, -0.2) is 57.2 Å². The van der Waals surface area contributed by atoms with Crippen LogP contribution >= 0.6 is 11.8 Å². The molecule has 0 spiro atoms. The molecule has 2 aliphatic rings. The summed E-state index contributed by atoms with van der Waals surface area (Å²) in [6.45, 7) is 3.25. The summed E-state index contributed by atoms with van der Waals surface area (Å²) in [6, 6.07) is -0.818. The molecule has 0 radical (unpaired) electrons. The van der Waals surface area contributed by atoms with Crippen molar-refractivity contribution in [2.75, 3.05) is 18.8 Å². The lowest BCUT2D eigenvalue weighted by atomic mass is 10.2. The molecular formula is C12H18N2O3S.